The van der Waals surface area contributed by atoms with Gasteiger partial charge in [-0.1, -0.05) is 0 Å². The zero-order valence-electron chi connectivity index (χ0n) is 15.7. The van der Waals surface area contributed by atoms with E-state index in [0.717, 1.165) is 0 Å². The largest absolute Gasteiger partial charge is 0.378 e. The predicted octanol–water partition coefficient (Wildman–Crippen LogP) is -0.478. The zero-order valence-corrected chi connectivity index (χ0v) is 16.5. The van der Waals surface area contributed by atoms with E-state index in [2.05, 4.69) is 10.6 Å². The number of urea groups is 1. The summed E-state index contributed by atoms with van der Waals surface area (Å²) in [6, 6.07) is 5.18. The number of piperidine rings is 1. The van der Waals surface area contributed by atoms with Gasteiger partial charge in [0, 0.05) is 31.7 Å². The molecule has 0 bridgehead atoms. The van der Waals surface area contributed by atoms with Crippen molar-refractivity contribution in [3.63, 3.8) is 0 Å². The number of morpholine rings is 1. The van der Waals surface area contributed by atoms with Crippen LogP contribution < -0.4 is 10.6 Å². The minimum absolute atomic E-state index is 0.0396. The van der Waals surface area contributed by atoms with Gasteiger partial charge in [-0.3, -0.25) is 14.9 Å². The van der Waals surface area contributed by atoms with Gasteiger partial charge in [0.2, 0.25) is 10.0 Å². The van der Waals surface area contributed by atoms with Crippen LogP contribution in [0.5, 0.6) is 0 Å². The smallest absolute Gasteiger partial charge is 0.322 e. The van der Waals surface area contributed by atoms with Crippen LogP contribution in [0.1, 0.15) is 23.2 Å². The Labute approximate surface area is 168 Å². The number of hydrogen-bond acceptors (Lipinski definition) is 6. The molecule has 10 nitrogen and oxygen atoms in total. The molecule has 11 heteroatoms. The second-order valence-electron chi connectivity index (χ2n) is 7.36. The van der Waals surface area contributed by atoms with Gasteiger partial charge in [0.15, 0.2) is 0 Å². The highest BCUT2D eigenvalue weighted by atomic mass is 32.2. The summed E-state index contributed by atoms with van der Waals surface area (Å²) in [7, 11) is -3.88. The molecular formula is C18H22N4O6S. The number of nitrogens with one attached hydrogen (secondary N) is 2. The lowest BCUT2D eigenvalue weighted by atomic mass is 9.90. The molecule has 29 heavy (non-hydrogen) atoms. The predicted molar refractivity (Wildman–Crippen MR) is 101 cm³/mol. The van der Waals surface area contributed by atoms with E-state index >= 15 is 0 Å². The Bertz CT molecular complexity index is 942. The van der Waals surface area contributed by atoms with E-state index in [-0.39, 0.29) is 23.9 Å². The van der Waals surface area contributed by atoms with Gasteiger partial charge in [-0.15, -0.1) is 0 Å². The topological polar surface area (TPSA) is 125 Å². The lowest BCUT2D eigenvalue weighted by Crippen LogP contribution is -2.59. The third-order valence-electron chi connectivity index (χ3n) is 5.51. The molecule has 1 unspecified atom stereocenters. The minimum Gasteiger partial charge on any atom is -0.378 e. The van der Waals surface area contributed by atoms with Crippen LogP contribution in [-0.4, -0.2) is 80.4 Å². The summed E-state index contributed by atoms with van der Waals surface area (Å²) < 4.78 is 32.6. The van der Waals surface area contributed by atoms with E-state index in [1.807, 2.05) is 0 Å². The van der Waals surface area contributed by atoms with Crippen molar-refractivity contribution in [2.45, 2.75) is 23.3 Å². The fourth-order valence-electron chi connectivity index (χ4n) is 3.90. The Morgan fingerprint density at radius 2 is 1.76 bits per heavy atom. The SMILES string of the molecule is O=C1NC(=O)C2(CCCN(S(=O)(=O)c3ccc(C(=O)N4CCOCC4)cc3)C2)N1. The zero-order chi connectivity index (χ0) is 20.6. The number of carbonyl (C=O) groups is 3. The van der Waals surface area contributed by atoms with Crippen LogP contribution in [0.4, 0.5) is 4.79 Å². The van der Waals surface area contributed by atoms with Gasteiger partial charge >= 0.3 is 6.03 Å². The highest BCUT2D eigenvalue weighted by Gasteiger charge is 2.50. The molecule has 3 fully saturated rings. The molecule has 3 heterocycles. The second kappa shape index (κ2) is 7.39. The molecular weight excluding hydrogens is 400 g/mol. The van der Waals surface area contributed by atoms with Crippen molar-refractivity contribution < 1.29 is 27.5 Å². The third kappa shape index (κ3) is 3.61. The van der Waals surface area contributed by atoms with Crippen molar-refractivity contribution in [2.75, 3.05) is 39.4 Å². The van der Waals surface area contributed by atoms with Gasteiger partial charge in [0.25, 0.3) is 11.8 Å². The monoisotopic (exact) mass is 422 g/mol. The lowest BCUT2D eigenvalue weighted by molar-refractivity contribution is -0.125. The van der Waals surface area contributed by atoms with E-state index in [9.17, 15) is 22.8 Å². The van der Waals surface area contributed by atoms with Crippen molar-refractivity contribution >= 4 is 27.9 Å². The molecule has 0 radical (unpaired) electrons. The van der Waals surface area contributed by atoms with E-state index in [4.69, 9.17) is 4.74 Å². The first-order valence-electron chi connectivity index (χ1n) is 9.43. The molecule has 0 aliphatic carbocycles. The highest BCUT2D eigenvalue weighted by Crippen LogP contribution is 2.29. The number of benzene rings is 1. The van der Waals surface area contributed by atoms with Crippen LogP contribution in [0.15, 0.2) is 29.2 Å². The average molecular weight is 422 g/mol. The van der Waals surface area contributed by atoms with Crippen LogP contribution in [0.25, 0.3) is 0 Å². The quantitative estimate of drug-likeness (QED) is 0.634. The summed E-state index contributed by atoms with van der Waals surface area (Å²) in [5.41, 5.74) is -0.822. The average Bonchev–Trinajstić information content (AvgIpc) is 3.00. The summed E-state index contributed by atoms with van der Waals surface area (Å²) >= 11 is 0. The highest BCUT2D eigenvalue weighted by molar-refractivity contribution is 7.89. The summed E-state index contributed by atoms with van der Waals surface area (Å²) in [4.78, 5) is 37.9. The molecule has 1 aromatic rings. The van der Waals surface area contributed by atoms with Crippen LogP contribution >= 0.6 is 0 Å². The maximum Gasteiger partial charge on any atom is 0.322 e. The van der Waals surface area contributed by atoms with Crippen molar-refractivity contribution in [3.8, 4) is 0 Å². The van der Waals surface area contributed by atoms with Gasteiger partial charge in [-0.05, 0) is 37.1 Å². The molecule has 2 N–H and O–H groups in total. The Balaban J connectivity index is 1.52. The number of hydrogen-bond donors (Lipinski definition) is 2. The van der Waals surface area contributed by atoms with Gasteiger partial charge in [0.1, 0.15) is 5.54 Å². The van der Waals surface area contributed by atoms with E-state index in [1.165, 1.54) is 28.6 Å². The normalized spacial score (nSPS) is 25.7. The maximum absolute atomic E-state index is 13.1. The Hall–Kier alpha value is -2.50. The van der Waals surface area contributed by atoms with Gasteiger partial charge < -0.3 is 15.0 Å². The lowest BCUT2D eigenvalue weighted by Gasteiger charge is -2.37. The molecule has 0 aromatic heterocycles. The van der Waals surface area contributed by atoms with Crippen molar-refractivity contribution in [1.29, 1.82) is 0 Å². The summed E-state index contributed by atoms with van der Waals surface area (Å²) in [5.74, 6) is -0.673. The molecule has 3 aliphatic heterocycles. The number of imide groups is 1. The minimum atomic E-state index is -3.88. The molecule has 3 aliphatic rings. The van der Waals surface area contributed by atoms with Crippen LogP contribution in [-0.2, 0) is 19.6 Å². The van der Waals surface area contributed by atoms with E-state index in [0.29, 0.717) is 44.7 Å². The molecule has 156 valence electrons. The summed E-state index contributed by atoms with van der Waals surface area (Å²) in [5, 5.41) is 4.75. The number of sulfonamides is 1. The third-order valence-corrected chi connectivity index (χ3v) is 7.37. The summed E-state index contributed by atoms with van der Waals surface area (Å²) in [6.07, 6.45) is 0.824. The number of carbonyl (C=O) groups excluding carboxylic acids is 3. The van der Waals surface area contributed by atoms with Crippen molar-refractivity contribution in [1.82, 2.24) is 19.8 Å². The van der Waals surface area contributed by atoms with E-state index in [1.54, 1.807) is 4.90 Å². The Kier molecular flexibility index (Phi) is 5.05. The molecule has 1 aromatic carbocycles. The van der Waals surface area contributed by atoms with E-state index < -0.39 is 27.5 Å². The number of ether oxygens (including phenoxy) is 1. The van der Waals surface area contributed by atoms with Gasteiger partial charge in [0.05, 0.1) is 18.1 Å². The van der Waals surface area contributed by atoms with Crippen molar-refractivity contribution in [2.24, 2.45) is 0 Å². The molecule has 0 saturated carbocycles. The Morgan fingerprint density at radius 3 is 2.38 bits per heavy atom. The number of amides is 4. The second-order valence-corrected chi connectivity index (χ2v) is 9.30. The fourth-order valence-corrected chi connectivity index (χ4v) is 5.44. The maximum atomic E-state index is 13.1. The Morgan fingerprint density at radius 1 is 1.07 bits per heavy atom. The number of rotatable bonds is 3. The first-order valence-corrected chi connectivity index (χ1v) is 10.9. The molecule has 1 spiro atoms. The van der Waals surface area contributed by atoms with Crippen LogP contribution in [0.2, 0.25) is 0 Å². The summed E-state index contributed by atoms with van der Waals surface area (Å²) in [6.45, 7) is 2.10. The van der Waals surface area contributed by atoms with Crippen LogP contribution in [0.3, 0.4) is 0 Å². The van der Waals surface area contributed by atoms with Gasteiger partial charge in [-0.25, -0.2) is 13.2 Å². The molecule has 1 atom stereocenters. The van der Waals surface area contributed by atoms with Crippen molar-refractivity contribution in [3.05, 3.63) is 29.8 Å². The number of nitrogens with zero attached hydrogens (tertiary/aromatic N) is 2. The fraction of sp³-hybridized carbons (Fsp3) is 0.500. The standard InChI is InChI=1S/C18H22N4O6S/c23-15(21-8-10-28-11-9-21)13-2-4-14(5-3-13)29(26,27)22-7-1-6-18(12-22)16(24)19-17(25)20-18/h2-5H,1,6-12H2,(H2,19,20,24,25). The molecule has 3 saturated heterocycles. The first kappa shape index (κ1) is 19.8. The molecule has 4 amide bonds. The molecule has 4 rings (SSSR count). The first-order chi connectivity index (χ1) is 13.8. The van der Waals surface area contributed by atoms with Crippen LogP contribution in [0, 0.1) is 0 Å². The van der Waals surface area contributed by atoms with Gasteiger partial charge in [-0.2, -0.15) is 4.31 Å².